The van der Waals surface area contributed by atoms with Crippen LogP contribution < -0.4 is 15.8 Å². The Morgan fingerprint density at radius 1 is 1.40 bits per heavy atom. The third-order valence-electron chi connectivity index (χ3n) is 2.71. The quantitative estimate of drug-likeness (QED) is 0.562. The van der Waals surface area contributed by atoms with Crippen molar-refractivity contribution in [2.45, 2.75) is 32.8 Å². The molecule has 1 aromatic carbocycles. The number of anilines is 1. The fourth-order valence-corrected chi connectivity index (χ4v) is 1.75. The van der Waals surface area contributed by atoms with Gasteiger partial charge in [-0.3, -0.25) is 4.79 Å². The van der Waals surface area contributed by atoms with E-state index in [0.717, 1.165) is 5.56 Å². The molecular weight excluding hydrogens is 256 g/mol. The number of methoxy groups -OCH3 is 1. The molecule has 0 aliphatic heterocycles. The van der Waals surface area contributed by atoms with Gasteiger partial charge in [0.05, 0.1) is 18.4 Å². The van der Waals surface area contributed by atoms with E-state index in [1.54, 1.807) is 7.11 Å². The molecule has 0 bridgehead atoms. The van der Waals surface area contributed by atoms with Gasteiger partial charge in [-0.2, -0.15) is 0 Å². The van der Waals surface area contributed by atoms with Crippen LogP contribution in [0.5, 0.6) is 5.75 Å². The number of nitrogens with one attached hydrogen (secondary N) is 1. The van der Waals surface area contributed by atoms with Crippen molar-refractivity contribution >= 4 is 11.6 Å². The minimum Gasteiger partial charge on any atom is -0.489 e. The fraction of sp³-hybridized carbons (Fsp3) is 0.533. The van der Waals surface area contributed by atoms with Gasteiger partial charge in [-0.05, 0) is 38.0 Å². The number of carbonyl (C=O) groups excluding carboxylic acids is 1. The van der Waals surface area contributed by atoms with Gasteiger partial charge in [0.1, 0.15) is 5.75 Å². The van der Waals surface area contributed by atoms with Crippen LogP contribution in [-0.2, 0) is 16.0 Å². The molecule has 1 amide bonds. The summed E-state index contributed by atoms with van der Waals surface area (Å²) in [5.74, 6) is 0.705. The second-order valence-electron chi connectivity index (χ2n) is 4.88. The summed E-state index contributed by atoms with van der Waals surface area (Å²) in [6.45, 7) is 4.98. The van der Waals surface area contributed by atoms with Crippen LogP contribution in [0.15, 0.2) is 18.2 Å². The van der Waals surface area contributed by atoms with Crippen molar-refractivity contribution in [2.24, 2.45) is 0 Å². The molecule has 0 unspecified atom stereocenters. The minimum atomic E-state index is 0.0168. The molecule has 3 N–H and O–H groups in total. The summed E-state index contributed by atoms with van der Waals surface area (Å²) in [6, 6.07) is 5.66. The molecule has 0 heterocycles. The largest absolute Gasteiger partial charge is 0.489 e. The predicted octanol–water partition coefficient (Wildman–Crippen LogP) is 1.75. The number of hydrogen-bond acceptors (Lipinski definition) is 4. The molecule has 0 atom stereocenters. The normalized spacial score (nSPS) is 10.6. The second-order valence-corrected chi connectivity index (χ2v) is 4.88. The molecule has 112 valence electrons. The number of nitrogen functional groups attached to an aromatic ring is 1. The van der Waals surface area contributed by atoms with Crippen molar-refractivity contribution < 1.29 is 14.3 Å². The Labute approximate surface area is 120 Å². The maximum absolute atomic E-state index is 11.6. The number of ether oxygens (including phenoxy) is 2. The first-order chi connectivity index (χ1) is 9.52. The van der Waals surface area contributed by atoms with Gasteiger partial charge in [0.15, 0.2) is 0 Å². The van der Waals surface area contributed by atoms with E-state index in [1.807, 2.05) is 32.0 Å². The van der Waals surface area contributed by atoms with E-state index >= 15 is 0 Å². The summed E-state index contributed by atoms with van der Waals surface area (Å²) >= 11 is 0. The molecular formula is C15H24N2O3. The molecule has 0 radical (unpaired) electrons. The van der Waals surface area contributed by atoms with Crippen molar-refractivity contribution in [3.63, 3.8) is 0 Å². The van der Waals surface area contributed by atoms with Gasteiger partial charge in [-0.15, -0.1) is 0 Å². The van der Waals surface area contributed by atoms with Crippen LogP contribution in [0, 0.1) is 0 Å². The molecule has 0 saturated heterocycles. The average molecular weight is 280 g/mol. The van der Waals surface area contributed by atoms with Crippen LogP contribution in [-0.4, -0.2) is 32.3 Å². The standard InChI is InChI=1S/C15H24N2O3/c1-11(2)20-14-6-4-12(10-13(14)16)5-7-15(18)17-8-9-19-3/h4,6,10-11H,5,7-9,16H2,1-3H3,(H,17,18). The summed E-state index contributed by atoms with van der Waals surface area (Å²) in [5.41, 5.74) is 7.57. The van der Waals surface area contributed by atoms with Gasteiger partial charge in [0.2, 0.25) is 5.91 Å². The van der Waals surface area contributed by atoms with Crippen molar-refractivity contribution in [2.75, 3.05) is 26.0 Å². The molecule has 0 aliphatic carbocycles. The van der Waals surface area contributed by atoms with Crippen LogP contribution in [0.1, 0.15) is 25.8 Å². The van der Waals surface area contributed by atoms with E-state index in [4.69, 9.17) is 15.2 Å². The minimum absolute atomic E-state index is 0.0168. The molecule has 0 saturated carbocycles. The van der Waals surface area contributed by atoms with Crippen LogP contribution in [0.2, 0.25) is 0 Å². The van der Waals surface area contributed by atoms with Crippen molar-refractivity contribution in [3.8, 4) is 5.75 Å². The number of nitrogens with two attached hydrogens (primary N) is 1. The monoisotopic (exact) mass is 280 g/mol. The van der Waals surface area contributed by atoms with E-state index < -0.39 is 0 Å². The van der Waals surface area contributed by atoms with Gasteiger partial charge in [0, 0.05) is 20.1 Å². The number of aryl methyl sites for hydroxylation is 1. The molecule has 0 aliphatic rings. The number of hydrogen-bond donors (Lipinski definition) is 2. The number of amides is 1. The topological polar surface area (TPSA) is 73.6 Å². The lowest BCUT2D eigenvalue weighted by Crippen LogP contribution is -2.27. The van der Waals surface area contributed by atoms with Gasteiger partial charge in [-0.1, -0.05) is 6.07 Å². The highest BCUT2D eigenvalue weighted by Crippen LogP contribution is 2.24. The zero-order valence-corrected chi connectivity index (χ0v) is 12.4. The van der Waals surface area contributed by atoms with Gasteiger partial charge in [0.25, 0.3) is 0 Å². The first kappa shape index (κ1) is 16.3. The fourth-order valence-electron chi connectivity index (χ4n) is 1.75. The summed E-state index contributed by atoms with van der Waals surface area (Å²) in [4.78, 5) is 11.6. The highest BCUT2D eigenvalue weighted by molar-refractivity contribution is 5.76. The molecule has 0 aromatic heterocycles. The second kappa shape index (κ2) is 8.43. The summed E-state index contributed by atoms with van der Waals surface area (Å²) in [5, 5.41) is 2.79. The first-order valence-corrected chi connectivity index (χ1v) is 6.83. The van der Waals surface area contributed by atoms with E-state index in [-0.39, 0.29) is 12.0 Å². The van der Waals surface area contributed by atoms with Gasteiger partial charge >= 0.3 is 0 Å². The zero-order chi connectivity index (χ0) is 15.0. The Bertz CT molecular complexity index is 433. The molecule has 0 fully saturated rings. The summed E-state index contributed by atoms with van der Waals surface area (Å²) in [6.07, 6.45) is 1.19. The van der Waals surface area contributed by atoms with Crippen LogP contribution in [0.3, 0.4) is 0 Å². The van der Waals surface area contributed by atoms with Crippen molar-refractivity contribution in [1.82, 2.24) is 5.32 Å². The predicted molar refractivity (Wildman–Crippen MR) is 79.8 cm³/mol. The Morgan fingerprint density at radius 2 is 2.15 bits per heavy atom. The van der Waals surface area contributed by atoms with E-state index in [9.17, 15) is 4.79 Å². The highest BCUT2D eigenvalue weighted by Gasteiger charge is 2.06. The Hall–Kier alpha value is -1.75. The molecule has 0 spiro atoms. The van der Waals surface area contributed by atoms with E-state index in [0.29, 0.717) is 37.4 Å². The molecule has 5 heteroatoms. The van der Waals surface area contributed by atoms with Crippen LogP contribution in [0.4, 0.5) is 5.69 Å². The van der Waals surface area contributed by atoms with Crippen LogP contribution >= 0.6 is 0 Å². The molecule has 20 heavy (non-hydrogen) atoms. The maximum atomic E-state index is 11.6. The maximum Gasteiger partial charge on any atom is 0.220 e. The number of rotatable bonds is 8. The summed E-state index contributed by atoms with van der Waals surface area (Å²) < 4.78 is 10.4. The Morgan fingerprint density at radius 3 is 2.75 bits per heavy atom. The summed E-state index contributed by atoms with van der Waals surface area (Å²) in [7, 11) is 1.61. The zero-order valence-electron chi connectivity index (χ0n) is 12.4. The number of carbonyl (C=O) groups is 1. The number of benzene rings is 1. The molecule has 5 nitrogen and oxygen atoms in total. The van der Waals surface area contributed by atoms with Crippen molar-refractivity contribution in [3.05, 3.63) is 23.8 Å². The lowest BCUT2D eigenvalue weighted by Gasteiger charge is -2.13. The van der Waals surface area contributed by atoms with Crippen molar-refractivity contribution in [1.29, 1.82) is 0 Å². The third kappa shape index (κ3) is 5.93. The highest BCUT2D eigenvalue weighted by atomic mass is 16.5. The van der Waals surface area contributed by atoms with Gasteiger partial charge in [-0.25, -0.2) is 0 Å². The molecule has 1 rings (SSSR count). The van der Waals surface area contributed by atoms with E-state index in [1.165, 1.54) is 0 Å². The Kier molecular flexibility index (Phi) is 6.87. The SMILES string of the molecule is COCCNC(=O)CCc1ccc(OC(C)C)c(N)c1. The lowest BCUT2D eigenvalue weighted by atomic mass is 10.1. The smallest absolute Gasteiger partial charge is 0.220 e. The average Bonchev–Trinajstić information content (AvgIpc) is 2.39. The molecule has 1 aromatic rings. The third-order valence-corrected chi connectivity index (χ3v) is 2.71. The van der Waals surface area contributed by atoms with E-state index in [2.05, 4.69) is 5.32 Å². The first-order valence-electron chi connectivity index (χ1n) is 6.83. The Balaban J connectivity index is 2.45. The van der Waals surface area contributed by atoms with Crippen LogP contribution in [0.25, 0.3) is 0 Å². The van der Waals surface area contributed by atoms with Gasteiger partial charge < -0.3 is 20.5 Å². The lowest BCUT2D eigenvalue weighted by molar-refractivity contribution is -0.121.